The zero-order chi connectivity index (χ0) is 21.4. The first-order valence-electron chi connectivity index (χ1n) is 9.30. The van der Waals surface area contributed by atoms with Crippen molar-refractivity contribution in [2.45, 2.75) is 65.8 Å². The maximum Gasteiger partial charge on any atom is 0.429 e. The molecule has 1 aromatic rings. The van der Waals surface area contributed by atoms with Crippen LogP contribution < -0.4 is 5.43 Å². The van der Waals surface area contributed by atoms with E-state index in [-0.39, 0.29) is 18.1 Å². The summed E-state index contributed by atoms with van der Waals surface area (Å²) in [7, 11) is 1.65. The van der Waals surface area contributed by atoms with Gasteiger partial charge in [-0.15, -0.1) is 0 Å². The number of benzene rings is 1. The van der Waals surface area contributed by atoms with E-state index >= 15 is 0 Å². The molecule has 0 fully saturated rings. The monoisotopic (exact) mass is 393 g/mol. The van der Waals surface area contributed by atoms with Crippen LogP contribution in [0.25, 0.3) is 0 Å². The molecule has 8 heteroatoms. The summed E-state index contributed by atoms with van der Waals surface area (Å²) in [5, 5.41) is 1.07. The van der Waals surface area contributed by atoms with Gasteiger partial charge in [-0.2, -0.15) is 0 Å². The summed E-state index contributed by atoms with van der Waals surface area (Å²) in [6.07, 6.45) is -2.25. The van der Waals surface area contributed by atoms with Crippen LogP contribution in [-0.2, 0) is 14.3 Å². The molecule has 0 heterocycles. The Bertz CT molecular complexity index is 663. The number of nitrogens with zero attached hydrogens (tertiary/aromatic N) is 2. The summed E-state index contributed by atoms with van der Waals surface area (Å²) < 4.78 is 10.4. The van der Waals surface area contributed by atoms with Gasteiger partial charge in [0.2, 0.25) is 5.91 Å². The van der Waals surface area contributed by atoms with Crippen LogP contribution in [0, 0.1) is 0 Å². The van der Waals surface area contributed by atoms with Crippen molar-refractivity contribution >= 4 is 18.1 Å². The molecule has 0 spiro atoms. The summed E-state index contributed by atoms with van der Waals surface area (Å²) in [6, 6.07) is 8.13. The van der Waals surface area contributed by atoms with Crippen LogP contribution in [0.1, 0.15) is 53.1 Å². The molecule has 0 aliphatic heterocycles. The number of likely N-dealkylation sites (N-methyl/N-ethyl adjacent to an activating group) is 1. The Hall–Kier alpha value is -2.77. The van der Waals surface area contributed by atoms with Crippen molar-refractivity contribution in [1.29, 1.82) is 0 Å². The molecular formula is C20H31N3O5. The normalized spacial score (nSPS) is 12.9. The SMILES string of the molecule is CC(=O)N(C)[C@@H](c1ccccc1)[C@H](C)N(NC(=O)OC(C)C)C(=O)OC(C)C. The number of hydrogen-bond acceptors (Lipinski definition) is 5. The van der Waals surface area contributed by atoms with Gasteiger partial charge in [0, 0.05) is 14.0 Å². The molecule has 0 bridgehead atoms. The minimum absolute atomic E-state index is 0.178. The predicted molar refractivity (Wildman–Crippen MR) is 105 cm³/mol. The lowest BCUT2D eigenvalue weighted by atomic mass is 9.98. The average molecular weight is 393 g/mol. The standard InChI is InChI=1S/C20H31N3O5/c1-13(2)27-19(25)21-23(20(26)28-14(3)4)15(5)18(22(7)16(6)24)17-11-9-8-10-12-17/h8-15,18H,1-7H3,(H,21,25)/t15-,18+/m0/s1. The molecule has 1 aromatic carbocycles. The summed E-state index contributed by atoms with van der Waals surface area (Å²) in [5.41, 5.74) is 3.27. The van der Waals surface area contributed by atoms with Gasteiger partial charge >= 0.3 is 12.2 Å². The zero-order valence-electron chi connectivity index (χ0n) is 17.6. The van der Waals surface area contributed by atoms with E-state index in [0.717, 1.165) is 10.6 Å². The number of carbonyl (C=O) groups is 3. The van der Waals surface area contributed by atoms with Gasteiger partial charge in [-0.25, -0.2) is 20.0 Å². The largest absolute Gasteiger partial charge is 0.446 e. The molecule has 0 radical (unpaired) electrons. The highest BCUT2D eigenvalue weighted by Gasteiger charge is 2.35. The first kappa shape index (κ1) is 23.3. The Kier molecular flexibility index (Phi) is 8.76. The summed E-state index contributed by atoms with van der Waals surface area (Å²) >= 11 is 0. The van der Waals surface area contributed by atoms with Crippen molar-refractivity contribution in [2.75, 3.05) is 7.05 Å². The molecule has 0 aromatic heterocycles. The number of rotatable bonds is 6. The molecule has 1 rings (SSSR count). The number of hydrazine groups is 1. The fourth-order valence-corrected chi connectivity index (χ4v) is 2.72. The van der Waals surface area contributed by atoms with Gasteiger partial charge in [-0.1, -0.05) is 30.3 Å². The molecule has 0 saturated heterocycles. The molecule has 2 atom stereocenters. The first-order chi connectivity index (χ1) is 13.0. The number of carbonyl (C=O) groups excluding carboxylic acids is 3. The number of ether oxygens (including phenoxy) is 2. The molecule has 1 N–H and O–H groups in total. The number of nitrogens with one attached hydrogen (secondary N) is 1. The Morgan fingerprint density at radius 3 is 1.93 bits per heavy atom. The lowest BCUT2D eigenvalue weighted by Crippen LogP contribution is -2.56. The Labute approximate surface area is 166 Å². The van der Waals surface area contributed by atoms with Crippen molar-refractivity contribution in [2.24, 2.45) is 0 Å². The lowest BCUT2D eigenvalue weighted by molar-refractivity contribution is -0.131. The lowest BCUT2D eigenvalue weighted by Gasteiger charge is -2.38. The van der Waals surface area contributed by atoms with Gasteiger partial charge in [0.25, 0.3) is 0 Å². The van der Waals surface area contributed by atoms with Crippen LogP contribution in [0.15, 0.2) is 30.3 Å². The highest BCUT2D eigenvalue weighted by molar-refractivity contribution is 5.75. The van der Waals surface area contributed by atoms with Gasteiger partial charge in [0.05, 0.1) is 24.3 Å². The second-order valence-corrected chi connectivity index (χ2v) is 7.09. The van der Waals surface area contributed by atoms with E-state index in [0.29, 0.717) is 0 Å². The van der Waals surface area contributed by atoms with Crippen molar-refractivity contribution < 1.29 is 23.9 Å². The minimum atomic E-state index is -0.778. The van der Waals surface area contributed by atoms with E-state index in [2.05, 4.69) is 5.43 Å². The molecule has 0 unspecified atom stereocenters. The van der Waals surface area contributed by atoms with Crippen LogP contribution in [0.5, 0.6) is 0 Å². The highest BCUT2D eigenvalue weighted by atomic mass is 16.6. The number of hydrogen-bond donors (Lipinski definition) is 1. The molecule has 8 nitrogen and oxygen atoms in total. The fraction of sp³-hybridized carbons (Fsp3) is 0.550. The van der Waals surface area contributed by atoms with Crippen molar-refractivity contribution in [3.05, 3.63) is 35.9 Å². The first-order valence-corrected chi connectivity index (χ1v) is 9.30. The van der Waals surface area contributed by atoms with E-state index in [1.54, 1.807) is 41.7 Å². The molecular weight excluding hydrogens is 362 g/mol. The second-order valence-electron chi connectivity index (χ2n) is 7.09. The quantitative estimate of drug-likeness (QED) is 0.748. The number of amides is 3. The molecule has 3 amide bonds. The minimum Gasteiger partial charge on any atom is -0.446 e. The molecule has 0 aliphatic rings. The predicted octanol–water partition coefficient (Wildman–Crippen LogP) is 3.49. The van der Waals surface area contributed by atoms with Crippen LogP contribution in [0.4, 0.5) is 9.59 Å². The third kappa shape index (κ3) is 6.75. The average Bonchev–Trinajstić information content (AvgIpc) is 2.59. The van der Waals surface area contributed by atoms with E-state index in [9.17, 15) is 14.4 Å². The summed E-state index contributed by atoms with van der Waals surface area (Å²) in [6.45, 7) is 10.0. The van der Waals surface area contributed by atoms with E-state index in [1.807, 2.05) is 30.3 Å². The maximum atomic E-state index is 12.7. The van der Waals surface area contributed by atoms with Crippen LogP contribution in [0.2, 0.25) is 0 Å². The molecule has 28 heavy (non-hydrogen) atoms. The maximum absolute atomic E-state index is 12.7. The fourth-order valence-electron chi connectivity index (χ4n) is 2.72. The van der Waals surface area contributed by atoms with Crippen molar-refractivity contribution in [1.82, 2.24) is 15.3 Å². The van der Waals surface area contributed by atoms with Crippen LogP contribution >= 0.6 is 0 Å². The zero-order valence-corrected chi connectivity index (χ0v) is 17.6. The van der Waals surface area contributed by atoms with E-state index in [1.165, 1.54) is 11.8 Å². The third-order valence-electron chi connectivity index (χ3n) is 4.01. The molecule has 0 saturated carbocycles. The van der Waals surface area contributed by atoms with Gasteiger partial charge < -0.3 is 14.4 Å². The van der Waals surface area contributed by atoms with Gasteiger partial charge in [0.1, 0.15) is 0 Å². The molecule has 0 aliphatic carbocycles. The van der Waals surface area contributed by atoms with E-state index in [4.69, 9.17) is 9.47 Å². The topological polar surface area (TPSA) is 88.2 Å². The van der Waals surface area contributed by atoms with Crippen molar-refractivity contribution in [3.63, 3.8) is 0 Å². The van der Waals surface area contributed by atoms with Crippen molar-refractivity contribution in [3.8, 4) is 0 Å². The van der Waals surface area contributed by atoms with Gasteiger partial charge in [-0.3, -0.25) is 4.79 Å². The Morgan fingerprint density at radius 2 is 1.46 bits per heavy atom. The van der Waals surface area contributed by atoms with Gasteiger partial charge in [0.15, 0.2) is 0 Å². The second kappa shape index (κ2) is 10.5. The summed E-state index contributed by atoms with van der Waals surface area (Å²) in [5.74, 6) is -0.178. The highest BCUT2D eigenvalue weighted by Crippen LogP contribution is 2.26. The Balaban J connectivity index is 3.26. The smallest absolute Gasteiger partial charge is 0.429 e. The third-order valence-corrected chi connectivity index (χ3v) is 4.01. The van der Waals surface area contributed by atoms with Crippen LogP contribution in [0.3, 0.4) is 0 Å². The molecule has 156 valence electrons. The summed E-state index contributed by atoms with van der Waals surface area (Å²) in [4.78, 5) is 38.4. The Morgan fingerprint density at radius 1 is 0.929 bits per heavy atom. The van der Waals surface area contributed by atoms with Crippen LogP contribution in [-0.4, -0.2) is 53.3 Å². The van der Waals surface area contributed by atoms with E-state index < -0.39 is 24.3 Å². The van der Waals surface area contributed by atoms with Gasteiger partial charge in [-0.05, 0) is 40.2 Å².